The van der Waals surface area contributed by atoms with E-state index in [1.54, 1.807) is 18.2 Å². The molecular weight excluding hydrogens is 266 g/mol. The van der Waals surface area contributed by atoms with E-state index in [-0.39, 0.29) is 5.56 Å². The molecule has 0 fully saturated rings. The van der Waals surface area contributed by atoms with Gasteiger partial charge in [0.1, 0.15) is 6.10 Å². The minimum absolute atomic E-state index is 0.232. The van der Waals surface area contributed by atoms with Crippen molar-refractivity contribution in [3.05, 3.63) is 59.2 Å². The van der Waals surface area contributed by atoms with Gasteiger partial charge in [-0.2, -0.15) is 0 Å². The Kier molecular flexibility index (Phi) is 4.20. The maximum Gasteiger partial charge on any atom is 0.166 e. The van der Waals surface area contributed by atoms with Gasteiger partial charge in [0.2, 0.25) is 0 Å². The van der Waals surface area contributed by atoms with Crippen molar-refractivity contribution in [2.75, 3.05) is 14.2 Å². The van der Waals surface area contributed by atoms with Crippen molar-refractivity contribution in [2.24, 2.45) is 0 Å². The van der Waals surface area contributed by atoms with Crippen LogP contribution in [-0.4, -0.2) is 19.3 Å². The summed E-state index contributed by atoms with van der Waals surface area (Å²) < 4.78 is 36.5. The Morgan fingerprint density at radius 2 is 1.75 bits per heavy atom. The minimum atomic E-state index is -1.14. The van der Waals surface area contributed by atoms with Crippen molar-refractivity contribution >= 4 is 0 Å². The predicted octanol–water partition coefficient (Wildman–Crippen LogP) is 3.06. The van der Waals surface area contributed by atoms with Crippen LogP contribution in [0.3, 0.4) is 0 Å². The first-order valence-corrected chi connectivity index (χ1v) is 5.92. The summed E-state index contributed by atoms with van der Waals surface area (Å²) >= 11 is 0. The predicted molar refractivity (Wildman–Crippen MR) is 70.0 cm³/mol. The van der Waals surface area contributed by atoms with Crippen molar-refractivity contribution in [1.29, 1.82) is 0 Å². The molecule has 0 aliphatic rings. The normalized spacial score (nSPS) is 12.1. The molecule has 0 aliphatic heterocycles. The summed E-state index contributed by atoms with van der Waals surface area (Å²) in [6.45, 7) is 0. The molecule has 0 bridgehead atoms. The van der Waals surface area contributed by atoms with Gasteiger partial charge in [-0.1, -0.05) is 18.2 Å². The fourth-order valence-corrected chi connectivity index (χ4v) is 1.99. The van der Waals surface area contributed by atoms with Gasteiger partial charge in [0.05, 0.1) is 14.2 Å². The second-order valence-corrected chi connectivity index (χ2v) is 4.16. The number of aliphatic hydroxyl groups is 1. The zero-order chi connectivity index (χ0) is 14.7. The van der Waals surface area contributed by atoms with Gasteiger partial charge >= 0.3 is 0 Å². The lowest BCUT2D eigenvalue weighted by molar-refractivity contribution is 0.212. The molecule has 5 heteroatoms. The van der Waals surface area contributed by atoms with Gasteiger partial charge in [0, 0.05) is 5.56 Å². The lowest BCUT2D eigenvalue weighted by atomic mass is 10.00. The van der Waals surface area contributed by atoms with Crippen LogP contribution < -0.4 is 9.47 Å². The zero-order valence-electron chi connectivity index (χ0n) is 11.1. The highest BCUT2D eigenvalue weighted by Crippen LogP contribution is 2.37. The Balaban J connectivity index is 2.47. The van der Waals surface area contributed by atoms with Crippen LogP contribution in [0.25, 0.3) is 0 Å². The highest BCUT2D eigenvalue weighted by Gasteiger charge is 2.19. The van der Waals surface area contributed by atoms with Crippen LogP contribution in [0, 0.1) is 11.6 Å². The number of hydrogen-bond acceptors (Lipinski definition) is 3. The lowest BCUT2D eigenvalue weighted by Crippen LogP contribution is -2.04. The third-order valence-corrected chi connectivity index (χ3v) is 2.99. The first-order valence-electron chi connectivity index (χ1n) is 5.92. The molecule has 2 aromatic carbocycles. The molecule has 1 unspecified atom stereocenters. The molecule has 3 nitrogen and oxygen atoms in total. The molecule has 0 saturated heterocycles. The van der Waals surface area contributed by atoms with Crippen LogP contribution in [0.2, 0.25) is 0 Å². The summed E-state index contributed by atoms with van der Waals surface area (Å²) in [6, 6.07) is 8.24. The van der Waals surface area contributed by atoms with Crippen LogP contribution in [0.5, 0.6) is 11.5 Å². The lowest BCUT2D eigenvalue weighted by Gasteiger charge is -2.17. The molecule has 1 N–H and O–H groups in total. The van der Waals surface area contributed by atoms with Crippen molar-refractivity contribution < 1.29 is 23.4 Å². The van der Waals surface area contributed by atoms with Crippen LogP contribution in [-0.2, 0) is 0 Å². The number of methoxy groups -OCH3 is 2. The number of para-hydroxylation sites is 1. The van der Waals surface area contributed by atoms with Crippen LogP contribution >= 0.6 is 0 Å². The van der Waals surface area contributed by atoms with Gasteiger partial charge in [0.25, 0.3) is 0 Å². The van der Waals surface area contributed by atoms with Gasteiger partial charge in [-0.3, -0.25) is 0 Å². The summed E-state index contributed by atoms with van der Waals surface area (Å²) in [6.07, 6.45) is -1.14. The number of hydrogen-bond donors (Lipinski definition) is 1. The Hall–Kier alpha value is -2.14. The Morgan fingerprint density at radius 1 is 1.00 bits per heavy atom. The summed E-state index contributed by atoms with van der Waals surface area (Å²) in [5.74, 6) is -1.17. The monoisotopic (exact) mass is 280 g/mol. The zero-order valence-corrected chi connectivity index (χ0v) is 11.1. The summed E-state index contributed by atoms with van der Waals surface area (Å²) in [7, 11) is 2.92. The average molecular weight is 280 g/mol. The number of rotatable bonds is 4. The van der Waals surface area contributed by atoms with Crippen molar-refractivity contribution in [2.45, 2.75) is 6.10 Å². The van der Waals surface area contributed by atoms with E-state index in [9.17, 15) is 13.9 Å². The van der Waals surface area contributed by atoms with E-state index in [2.05, 4.69) is 0 Å². The number of benzene rings is 2. The summed E-state index contributed by atoms with van der Waals surface area (Å²) in [5.41, 5.74) is 0.647. The summed E-state index contributed by atoms with van der Waals surface area (Å²) in [5, 5.41) is 10.3. The SMILES string of the molecule is COc1cccc(C(O)c2ccc(F)c(F)c2)c1OC. The third kappa shape index (κ3) is 2.58. The van der Waals surface area contributed by atoms with Gasteiger partial charge in [-0.05, 0) is 23.8 Å². The Morgan fingerprint density at radius 3 is 2.35 bits per heavy atom. The Labute approximate surface area is 115 Å². The second kappa shape index (κ2) is 5.88. The largest absolute Gasteiger partial charge is 0.493 e. The van der Waals surface area contributed by atoms with E-state index in [0.29, 0.717) is 17.1 Å². The minimum Gasteiger partial charge on any atom is -0.493 e. The quantitative estimate of drug-likeness (QED) is 0.935. The van der Waals surface area contributed by atoms with Crippen LogP contribution in [0.15, 0.2) is 36.4 Å². The molecule has 106 valence electrons. The maximum atomic E-state index is 13.2. The molecule has 1 atom stereocenters. The standard InChI is InChI=1S/C15H14F2O3/c1-19-13-5-3-4-10(15(13)20-2)14(18)9-6-7-11(16)12(17)8-9/h3-8,14,18H,1-2H3. The molecule has 0 aromatic heterocycles. The van der Waals surface area contributed by atoms with Gasteiger partial charge in [0.15, 0.2) is 23.1 Å². The van der Waals surface area contributed by atoms with E-state index in [1.807, 2.05) is 0 Å². The number of ether oxygens (including phenoxy) is 2. The molecule has 0 heterocycles. The maximum absolute atomic E-state index is 13.2. The van der Waals surface area contributed by atoms with Gasteiger partial charge in [-0.15, -0.1) is 0 Å². The molecule has 0 amide bonds. The second-order valence-electron chi connectivity index (χ2n) is 4.16. The molecule has 0 aliphatic carbocycles. The molecule has 20 heavy (non-hydrogen) atoms. The summed E-state index contributed by atoms with van der Waals surface area (Å²) in [4.78, 5) is 0. The topological polar surface area (TPSA) is 38.7 Å². The smallest absolute Gasteiger partial charge is 0.166 e. The Bertz CT molecular complexity index is 614. The van der Waals surface area contributed by atoms with Crippen LogP contribution in [0.1, 0.15) is 17.2 Å². The molecular formula is C15H14F2O3. The fraction of sp³-hybridized carbons (Fsp3) is 0.200. The van der Waals surface area contributed by atoms with Crippen molar-refractivity contribution in [3.8, 4) is 11.5 Å². The van der Waals surface area contributed by atoms with Gasteiger partial charge < -0.3 is 14.6 Å². The fourth-order valence-electron chi connectivity index (χ4n) is 1.99. The van der Waals surface area contributed by atoms with Gasteiger partial charge in [-0.25, -0.2) is 8.78 Å². The number of aliphatic hydroxyl groups excluding tert-OH is 1. The van der Waals surface area contributed by atoms with E-state index >= 15 is 0 Å². The average Bonchev–Trinajstić information content (AvgIpc) is 2.48. The highest BCUT2D eigenvalue weighted by molar-refractivity contribution is 5.49. The van der Waals surface area contributed by atoms with E-state index in [4.69, 9.17) is 9.47 Å². The third-order valence-electron chi connectivity index (χ3n) is 2.99. The molecule has 0 saturated carbocycles. The molecule has 0 spiro atoms. The molecule has 0 radical (unpaired) electrons. The van der Waals surface area contributed by atoms with E-state index in [0.717, 1.165) is 12.1 Å². The van der Waals surface area contributed by atoms with E-state index < -0.39 is 17.7 Å². The van der Waals surface area contributed by atoms with Crippen molar-refractivity contribution in [3.63, 3.8) is 0 Å². The van der Waals surface area contributed by atoms with Crippen LogP contribution in [0.4, 0.5) is 8.78 Å². The molecule has 2 aromatic rings. The molecule has 2 rings (SSSR count). The first-order chi connectivity index (χ1) is 9.58. The first kappa shape index (κ1) is 14.3. The number of halogens is 2. The highest BCUT2D eigenvalue weighted by atomic mass is 19.2. The van der Waals surface area contributed by atoms with Crippen molar-refractivity contribution in [1.82, 2.24) is 0 Å². The van der Waals surface area contributed by atoms with E-state index in [1.165, 1.54) is 20.3 Å².